The van der Waals surface area contributed by atoms with Crippen LogP contribution in [0.1, 0.15) is 12.5 Å². The quantitative estimate of drug-likeness (QED) is 0.596. The highest BCUT2D eigenvalue weighted by Crippen LogP contribution is 2.24. The van der Waals surface area contributed by atoms with E-state index in [0.717, 1.165) is 0 Å². The molecule has 0 bridgehead atoms. The third kappa shape index (κ3) is 2.96. The van der Waals surface area contributed by atoms with Crippen LogP contribution in [0.3, 0.4) is 0 Å². The summed E-state index contributed by atoms with van der Waals surface area (Å²) in [6, 6.07) is 8.15. The van der Waals surface area contributed by atoms with E-state index in [4.69, 9.17) is 10.5 Å². The maximum Gasteiger partial charge on any atom is 0.270 e. The molecule has 18 heavy (non-hydrogen) atoms. The fraction of sp³-hybridized carbons (Fsp3) is 0.333. The van der Waals surface area contributed by atoms with Crippen molar-refractivity contribution in [2.75, 3.05) is 18.5 Å². The molecular weight excluding hydrogens is 232 g/mol. The average Bonchev–Trinajstić information content (AvgIpc) is 2.37. The smallest absolute Gasteiger partial charge is 0.270 e. The van der Waals surface area contributed by atoms with Gasteiger partial charge in [0.2, 0.25) is 0 Å². The van der Waals surface area contributed by atoms with Crippen LogP contribution in [-0.2, 0) is 0 Å². The Morgan fingerprint density at radius 3 is 2.67 bits per heavy atom. The van der Waals surface area contributed by atoms with Gasteiger partial charge >= 0.3 is 0 Å². The molecule has 0 fully saturated rings. The van der Waals surface area contributed by atoms with Crippen LogP contribution < -0.4 is 4.90 Å². The van der Waals surface area contributed by atoms with Crippen LogP contribution in [0.25, 0.3) is 0 Å². The number of rotatable bonds is 4. The molecule has 0 saturated carbocycles. The van der Waals surface area contributed by atoms with E-state index < -0.39 is 4.92 Å². The third-order valence-corrected chi connectivity index (χ3v) is 2.49. The molecule has 1 aromatic carbocycles. The second-order valence-electron chi connectivity index (χ2n) is 3.98. The number of nitro groups is 1. The SMILES string of the molecule is CC(C#N)CN(C)c1ccc([N+](=O)[O-])cc1C#N. The van der Waals surface area contributed by atoms with E-state index in [-0.39, 0.29) is 17.2 Å². The number of benzene rings is 1. The van der Waals surface area contributed by atoms with Crippen molar-refractivity contribution in [3.8, 4) is 12.1 Å². The Hall–Kier alpha value is -2.60. The first-order chi connectivity index (χ1) is 8.49. The number of hydrogen-bond donors (Lipinski definition) is 0. The number of nitriles is 2. The molecule has 0 N–H and O–H groups in total. The number of nitrogens with zero attached hydrogens (tertiary/aromatic N) is 4. The molecular formula is C12H12N4O2. The zero-order chi connectivity index (χ0) is 13.7. The molecule has 92 valence electrons. The predicted molar refractivity (Wildman–Crippen MR) is 65.9 cm³/mol. The molecule has 0 aromatic heterocycles. The van der Waals surface area contributed by atoms with Gasteiger partial charge in [-0.25, -0.2) is 0 Å². The lowest BCUT2D eigenvalue weighted by Gasteiger charge is -2.21. The molecule has 0 aliphatic heterocycles. The van der Waals surface area contributed by atoms with E-state index in [0.29, 0.717) is 12.2 Å². The van der Waals surface area contributed by atoms with Gasteiger partial charge in [0.1, 0.15) is 6.07 Å². The van der Waals surface area contributed by atoms with Crippen LogP contribution in [0.4, 0.5) is 11.4 Å². The van der Waals surface area contributed by atoms with Gasteiger partial charge in [0, 0.05) is 25.7 Å². The van der Waals surface area contributed by atoms with Gasteiger partial charge in [0.25, 0.3) is 5.69 Å². The minimum absolute atomic E-state index is 0.114. The fourth-order valence-electron chi connectivity index (χ4n) is 1.61. The van der Waals surface area contributed by atoms with Crippen molar-refractivity contribution in [3.63, 3.8) is 0 Å². The van der Waals surface area contributed by atoms with E-state index in [1.807, 2.05) is 6.07 Å². The Labute approximate surface area is 105 Å². The molecule has 0 saturated heterocycles. The Morgan fingerprint density at radius 1 is 1.50 bits per heavy atom. The van der Waals surface area contributed by atoms with Gasteiger partial charge < -0.3 is 4.90 Å². The summed E-state index contributed by atoms with van der Waals surface area (Å²) >= 11 is 0. The van der Waals surface area contributed by atoms with E-state index in [1.165, 1.54) is 18.2 Å². The van der Waals surface area contributed by atoms with Gasteiger partial charge in [-0.2, -0.15) is 10.5 Å². The van der Waals surface area contributed by atoms with Crippen molar-refractivity contribution in [1.29, 1.82) is 10.5 Å². The van der Waals surface area contributed by atoms with Crippen molar-refractivity contribution in [2.45, 2.75) is 6.92 Å². The highest BCUT2D eigenvalue weighted by Gasteiger charge is 2.14. The van der Waals surface area contributed by atoms with Crippen LogP contribution in [0.2, 0.25) is 0 Å². The highest BCUT2D eigenvalue weighted by molar-refractivity contribution is 5.62. The third-order valence-electron chi connectivity index (χ3n) is 2.49. The summed E-state index contributed by atoms with van der Waals surface area (Å²) in [6.45, 7) is 2.23. The monoisotopic (exact) mass is 244 g/mol. The molecule has 0 spiro atoms. The number of anilines is 1. The topological polar surface area (TPSA) is 94.0 Å². The predicted octanol–water partition coefficient (Wildman–Crippen LogP) is 2.06. The number of non-ortho nitro benzene ring substituents is 1. The lowest BCUT2D eigenvalue weighted by molar-refractivity contribution is -0.384. The lowest BCUT2D eigenvalue weighted by atomic mass is 10.1. The summed E-state index contributed by atoms with van der Waals surface area (Å²) in [5, 5.41) is 28.4. The van der Waals surface area contributed by atoms with Gasteiger partial charge in [0.05, 0.1) is 28.2 Å². The van der Waals surface area contributed by atoms with Gasteiger partial charge in [-0.1, -0.05) is 0 Å². The second-order valence-corrected chi connectivity index (χ2v) is 3.98. The molecule has 1 aromatic rings. The second kappa shape index (κ2) is 5.65. The maximum atomic E-state index is 10.6. The van der Waals surface area contributed by atoms with Crippen LogP contribution in [-0.4, -0.2) is 18.5 Å². The summed E-state index contributed by atoms with van der Waals surface area (Å²) in [7, 11) is 1.75. The highest BCUT2D eigenvalue weighted by atomic mass is 16.6. The Balaban J connectivity index is 3.07. The average molecular weight is 244 g/mol. The summed E-state index contributed by atoms with van der Waals surface area (Å²) in [4.78, 5) is 11.8. The molecule has 0 aliphatic carbocycles. The molecule has 6 heteroatoms. The van der Waals surface area contributed by atoms with Crippen molar-refractivity contribution in [2.24, 2.45) is 5.92 Å². The van der Waals surface area contributed by atoms with Crippen LogP contribution in [0.15, 0.2) is 18.2 Å². The summed E-state index contributed by atoms with van der Waals surface area (Å²) in [6.07, 6.45) is 0. The summed E-state index contributed by atoms with van der Waals surface area (Å²) in [5.74, 6) is -0.184. The summed E-state index contributed by atoms with van der Waals surface area (Å²) < 4.78 is 0. The minimum atomic E-state index is -0.539. The van der Waals surface area contributed by atoms with Gasteiger partial charge in [0.15, 0.2) is 0 Å². The van der Waals surface area contributed by atoms with Gasteiger partial charge in [-0.15, -0.1) is 0 Å². The van der Waals surface area contributed by atoms with Crippen molar-refractivity contribution < 1.29 is 4.92 Å². The molecule has 0 radical (unpaired) electrons. The Kier molecular flexibility index (Phi) is 4.22. The standard InChI is InChI=1S/C12H12N4O2/c1-9(6-13)8-15(2)12-4-3-11(16(17)18)5-10(12)7-14/h3-5,9H,8H2,1-2H3. The van der Waals surface area contributed by atoms with Crippen molar-refractivity contribution in [3.05, 3.63) is 33.9 Å². The molecule has 0 aliphatic rings. The minimum Gasteiger partial charge on any atom is -0.372 e. The van der Waals surface area contributed by atoms with E-state index in [2.05, 4.69) is 6.07 Å². The number of hydrogen-bond acceptors (Lipinski definition) is 5. The maximum absolute atomic E-state index is 10.6. The zero-order valence-corrected chi connectivity index (χ0v) is 10.1. The molecule has 6 nitrogen and oxygen atoms in total. The molecule has 0 heterocycles. The molecule has 1 unspecified atom stereocenters. The van der Waals surface area contributed by atoms with Crippen molar-refractivity contribution in [1.82, 2.24) is 0 Å². The van der Waals surface area contributed by atoms with Gasteiger partial charge in [-0.05, 0) is 13.0 Å². The molecule has 1 atom stereocenters. The largest absolute Gasteiger partial charge is 0.372 e. The normalized spacial score (nSPS) is 11.1. The van der Waals surface area contributed by atoms with Gasteiger partial charge in [-0.3, -0.25) is 10.1 Å². The number of nitro benzene ring substituents is 1. The zero-order valence-electron chi connectivity index (χ0n) is 10.1. The first kappa shape index (κ1) is 13.5. The van der Waals surface area contributed by atoms with E-state index in [1.54, 1.807) is 18.9 Å². The Bertz CT molecular complexity index is 542. The fourth-order valence-corrected chi connectivity index (χ4v) is 1.61. The first-order valence-electron chi connectivity index (χ1n) is 5.29. The van der Waals surface area contributed by atoms with Crippen LogP contribution >= 0.6 is 0 Å². The van der Waals surface area contributed by atoms with Crippen LogP contribution in [0.5, 0.6) is 0 Å². The Morgan fingerprint density at radius 2 is 2.17 bits per heavy atom. The van der Waals surface area contributed by atoms with E-state index >= 15 is 0 Å². The van der Waals surface area contributed by atoms with E-state index in [9.17, 15) is 10.1 Å². The lowest BCUT2D eigenvalue weighted by Crippen LogP contribution is -2.24. The van der Waals surface area contributed by atoms with Crippen LogP contribution in [0, 0.1) is 38.7 Å². The molecule has 0 amide bonds. The summed E-state index contributed by atoms with van der Waals surface area (Å²) in [5.41, 5.74) is 0.707. The molecule has 1 rings (SSSR count). The van der Waals surface area contributed by atoms with Crippen molar-refractivity contribution >= 4 is 11.4 Å². The first-order valence-corrected chi connectivity index (χ1v) is 5.29.